The van der Waals surface area contributed by atoms with Crippen molar-refractivity contribution in [1.82, 2.24) is 10.2 Å². The summed E-state index contributed by atoms with van der Waals surface area (Å²) in [6, 6.07) is 10.9. The van der Waals surface area contributed by atoms with E-state index in [4.69, 9.17) is 4.42 Å². The van der Waals surface area contributed by atoms with Gasteiger partial charge in [0.05, 0.1) is 18.7 Å². The van der Waals surface area contributed by atoms with E-state index in [2.05, 4.69) is 10.6 Å². The van der Waals surface area contributed by atoms with E-state index in [0.717, 1.165) is 11.5 Å². The molecule has 140 valence electrons. The van der Waals surface area contributed by atoms with Gasteiger partial charge in [-0.05, 0) is 37.1 Å². The monoisotopic (exact) mass is 357 g/mol. The minimum absolute atomic E-state index is 0.0866. The summed E-state index contributed by atoms with van der Waals surface area (Å²) < 4.78 is 5.50. The summed E-state index contributed by atoms with van der Waals surface area (Å²) in [6.07, 6.45) is 0. The molecule has 0 aliphatic carbocycles. The van der Waals surface area contributed by atoms with Gasteiger partial charge in [0.2, 0.25) is 5.91 Å². The maximum absolute atomic E-state index is 12.3. The van der Waals surface area contributed by atoms with E-state index in [1.807, 2.05) is 45.0 Å². The molecule has 0 saturated carbocycles. The van der Waals surface area contributed by atoms with Gasteiger partial charge in [-0.25, -0.2) is 0 Å². The molecule has 2 aromatic rings. The first-order valence-electron chi connectivity index (χ1n) is 8.77. The molecule has 6 heteroatoms. The second-order valence-electron chi connectivity index (χ2n) is 6.77. The molecule has 1 aromatic carbocycles. The number of nitrogens with zero attached hydrogens (tertiary/aromatic N) is 1. The zero-order chi connectivity index (χ0) is 19.1. The number of rotatable bonds is 8. The van der Waals surface area contributed by atoms with Crippen LogP contribution in [0.4, 0.5) is 5.69 Å². The molecule has 0 radical (unpaired) electrons. The number of nitrogens with one attached hydrogen (secondary N) is 2. The lowest BCUT2D eigenvalue weighted by Crippen LogP contribution is -2.32. The van der Waals surface area contributed by atoms with Gasteiger partial charge in [-0.1, -0.05) is 26.0 Å². The minimum Gasteiger partial charge on any atom is -0.464 e. The number of likely N-dealkylation sites (N-methyl/N-ethyl adjacent to an activating group) is 1. The average Bonchev–Trinajstić information content (AvgIpc) is 3.02. The smallest absolute Gasteiger partial charge is 0.253 e. The van der Waals surface area contributed by atoms with Crippen LogP contribution in [0.1, 0.15) is 35.7 Å². The molecule has 6 nitrogen and oxygen atoms in total. The fraction of sp³-hybridized carbons (Fsp3) is 0.400. The van der Waals surface area contributed by atoms with Gasteiger partial charge in [-0.2, -0.15) is 0 Å². The van der Waals surface area contributed by atoms with Crippen molar-refractivity contribution in [3.05, 3.63) is 53.5 Å². The third-order valence-corrected chi connectivity index (χ3v) is 3.89. The number of carbonyl (C=O) groups excluding carboxylic acids is 2. The van der Waals surface area contributed by atoms with Crippen LogP contribution in [-0.2, 0) is 11.3 Å². The predicted molar refractivity (Wildman–Crippen MR) is 102 cm³/mol. The van der Waals surface area contributed by atoms with Crippen molar-refractivity contribution in [2.24, 2.45) is 5.92 Å². The van der Waals surface area contributed by atoms with Gasteiger partial charge < -0.3 is 20.0 Å². The summed E-state index contributed by atoms with van der Waals surface area (Å²) in [5.41, 5.74) is 1.18. The van der Waals surface area contributed by atoms with Crippen LogP contribution in [0.25, 0.3) is 0 Å². The van der Waals surface area contributed by atoms with Crippen molar-refractivity contribution < 1.29 is 14.0 Å². The highest BCUT2D eigenvalue weighted by Crippen LogP contribution is 2.15. The molecule has 0 bridgehead atoms. The van der Waals surface area contributed by atoms with Crippen LogP contribution in [-0.4, -0.2) is 36.9 Å². The van der Waals surface area contributed by atoms with Crippen LogP contribution in [0.15, 0.2) is 40.8 Å². The van der Waals surface area contributed by atoms with Crippen LogP contribution in [0.5, 0.6) is 0 Å². The molecule has 1 heterocycles. The van der Waals surface area contributed by atoms with Gasteiger partial charge in [-0.15, -0.1) is 0 Å². The Hall–Kier alpha value is -2.76. The summed E-state index contributed by atoms with van der Waals surface area (Å²) in [4.78, 5) is 26.3. The summed E-state index contributed by atoms with van der Waals surface area (Å²) >= 11 is 0. The lowest BCUT2D eigenvalue weighted by atomic mass is 10.1. The zero-order valence-corrected chi connectivity index (χ0v) is 15.8. The molecular weight excluding hydrogens is 330 g/mol. The fourth-order valence-electron chi connectivity index (χ4n) is 2.43. The van der Waals surface area contributed by atoms with E-state index in [0.29, 0.717) is 30.3 Å². The van der Waals surface area contributed by atoms with Gasteiger partial charge in [-0.3, -0.25) is 9.59 Å². The number of amides is 2. The molecule has 0 fully saturated rings. The maximum atomic E-state index is 12.3. The minimum atomic E-state index is -0.145. The third kappa shape index (κ3) is 5.65. The standard InChI is InChI=1S/C20H27N3O3/c1-14(2)11-22-20(25)17-7-5-6-8-18(17)21-12-19(24)23(4)13-16-10-9-15(3)26-16/h5-10,14,21H,11-13H2,1-4H3,(H,22,25). The van der Waals surface area contributed by atoms with Gasteiger partial charge in [0.15, 0.2) is 0 Å². The van der Waals surface area contributed by atoms with Crippen molar-refractivity contribution in [3.8, 4) is 0 Å². The van der Waals surface area contributed by atoms with Gasteiger partial charge >= 0.3 is 0 Å². The average molecular weight is 357 g/mol. The number of hydrogen-bond acceptors (Lipinski definition) is 4. The van der Waals surface area contributed by atoms with Crippen molar-refractivity contribution in [3.63, 3.8) is 0 Å². The quantitative estimate of drug-likeness (QED) is 0.761. The number of furan rings is 1. The molecule has 0 aliphatic rings. The van der Waals surface area contributed by atoms with Crippen LogP contribution in [0.3, 0.4) is 0 Å². The molecule has 0 aliphatic heterocycles. The van der Waals surface area contributed by atoms with Crippen molar-refractivity contribution in [2.75, 3.05) is 25.5 Å². The SMILES string of the molecule is Cc1ccc(CN(C)C(=O)CNc2ccccc2C(=O)NCC(C)C)o1. The highest BCUT2D eigenvalue weighted by molar-refractivity contribution is 6.00. The normalized spacial score (nSPS) is 10.7. The Morgan fingerprint density at radius 1 is 1.15 bits per heavy atom. The Morgan fingerprint density at radius 3 is 2.54 bits per heavy atom. The van der Waals surface area contributed by atoms with E-state index in [1.54, 1.807) is 24.1 Å². The Bertz CT molecular complexity index is 752. The fourth-order valence-corrected chi connectivity index (χ4v) is 2.43. The Morgan fingerprint density at radius 2 is 1.88 bits per heavy atom. The number of para-hydroxylation sites is 1. The molecule has 0 spiro atoms. The molecule has 0 unspecified atom stereocenters. The van der Waals surface area contributed by atoms with Crippen molar-refractivity contribution in [2.45, 2.75) is 27.3 Å². The van der Waals surface area contributed by atoms with E-state index < -0.39 is 0 Å². The molecule has 0 atom stereocenters. The van der Waals surface area contributed by atoms with E-state index >= 15 is 0 Å². The second kappa shape index (κ2) is 9.08. The molecule has 1 aromatic heterocycles. The van der Waals surface area contributed by atoms with Crippen LogP contribution in [0, 0.1) is 12.8 Å². The Balaban J connectivity index is 1.94. The zero-order valence-electron chi connectivity index (χ0n) is 15.8. The van der Waals surface area contributed by atoms with Crippen LogP contribution >= 0.6 is 0 Å². The van der Waals surface area contributed by atoms with Crippen LogP contribution in [0.2, 0.25) is 0 Å². The molecule has 2 amide bonds. The summed E-state index contributed by atoms with van der Waals surface area (Å²) in [6.45, 7) is 7.07. The molecular formula is C20H27N3O3. The topological polar surface area (TPSA) is 74.6 Å². The first-order valence-corrected chi connectivity index (χ1v) is 8.77. The van der Waals surface area contributed by atoms with E-state index in [-0.39, 0.29) is 18.4 Å². The lowest BCUT2D eigenvalue weighted by molar-refractivity contribution is -0.128. The summed E-state index contributed by atoms with van der Waals surface area (Å²) in [5, 5.41) is 5.97. The Labute approximate surface area is 154 Å². The highest BCUT2D eigenvalue weighted by Gasteiger charge is 2.14. The maximum Gasteiger partial charge on any atom is 0.253 e. The molecule has 2 N–H and O–H groups in total. The summed E-state index contributed by atoms with van der Waals surface area (Å²) in [7, 11) is 1.73. The number of benzene rings is 1. The van der Waals surface area contributed by atoms with E-state index in [1.165, 1.54) is 0 Å². The second-order valence-corrected chi connectivity index (χ2v) is 6.77. The predicted octanol–water partition coefficient (Wildman–Crippen LogP) is 3.04. The first-order chi connectivity index (χ1) is 12.4. The Kier molecular flexibility index (Phi) is 6.83. The summed E-state index contributed by atoms with van der Waals surface area (Å²) in [5.74, 6) is 1.71. The number of hydrogen-bond donors (Lipinski definition) is 2. The number of aryl methyl sites for hydroxylation is 1. The number of anilines is 1. The third-order valence-electron chi connectivity index (χ3n) is 3.89. The van der Waals surface area contributed by atoms with E-state index in [9.17, 15) is 9.59 Å². The molecule has 0 saturated heterocycles. The van der Waals surface area contributed by atoms with Crippen LogP contribution < -0.4 is 10.6 Å². The highest BCUT2D eigenvalue weighted by atomic mass is 16.3. The van der Waals surface area contributed by atoms with Gasteiger partial charge in [0.1, 0.15) is 11.5 Å². The lowest BCUT2D eigenvalue weighted by Gasteiger charge is -2.18. The first kappa shape index (κ1) is 19.6. The molecule has 2 rings (SSSR count). The van der Waals surface area contributed by atoms with Crippen molar-refractivity contribution >= 4 is 17.5 Å². The number of carbonyl (C=O) groups is 2. The molecule has 26 heavy (non-hydrogen) atoms. The largest absolute Gasteiger partial charge is 0.464 e. The van der Waals surface area contributed by atoms with Gasteiger partial charge in [0.25, 0.3) is 5.91 Å². The van der Waals surface area contributed by atoms with Crippen molar-refractivity contribution in [1.29, 1.82) is 0 Å². The van der Waals surface area contributed by atoms with Gasteiger partial charge in [0, 0.05) is 19.3 Å².